The van der Waals surface area contributed by atoms with E-state index in [0.29, 0.717) is 6.61 Å². The van der Waals surface area contributed by atoms with Crippen LogP contribution >= 0.6 is 0 Å². The van der Waals surface area contributed by atoms with Gasteiger partial charge in [-0.25, -0.2) is 0 Å². The quantitative estimate of drug-likeness (QED) is 0.854. The second-order valence-electron chi connectivity index (χ2n) is 5.17. The molecule has 5 atom stereocenters. The van der Waals surface area contributed by atoms with Crippen LogP contribution in [0.1, 0.15) is 5.56 Å². The number of aliphatic hydroxyl groups excluding tert-OH is 1. The van der Waals surface area contributed by atoms with Crippen molar-refractivity contribution in [3.63, 3.8) is 0 Å². The average molecular weight is 277 g/mol. The van der Waals surface area contributed by atoms with Crippen molar-refractivity contribution < 1.29 is 24.2 Å². The van der Waals surface area contributed by atoms with Gasteiger partial charge in [0.25, 0.3) is 0 Å². The number of hydrogen-bond donors (Lipinski definition) is 1. The number of hydrogen-bond acceptors (Lipinski definition) is 6. The largest absolute Gasteiger partial charge is 0.497 e. The van der Waals surface area contributed by atoms with E-state index in [4.69, 9.17) is 19.0 Å². The highest BCUT2D eigenvalue weighted by molar-refractivity contribution is 6.03. The molecule has 4 rings (SSSR count). The summed E-state index contributed by atoms with van der Waals surface area (Å²) in [5, 5.41) is 14.5. The molecule has 3 heterocycles. The second kappa shape index (κ2) is 4.44. The van der Waals surface area contributed by atoms with E-state index >= 15 is 0 Å². The molecular formula is C14H15NO5. The van der Waals surface area contributed by atoms with Crippen molar-refractivity contribution in [1.29, 1.82) is 0 Å². The second-order valence-corrected chi connectivity index (χ2v) is 5.17. The molecule has 2 bridgehead atoms. The Morgan fingerprint density at radius 1 is 1.30 bits per heavy atom. The first kappa shape index (κ1) is 12.1. The van der Waals surface area contributed by atoms with Crippen molar-refractivity contribution in [2.24, 2.45) is 11.1 Å². The minimum absolute atomic E-state index is 0.159. The predicted octanol–water partition coefficient (Wildman–Crippen LogP) is 0.530. The van der Waals surface area contributed by atoms with Crippen LogP contribution in [0.15, 0.2) is 29.4 Å². The highest BCUT2D eigenvalue weighted by atomic mass is 16.8. The Bertz CT molecular complexity index is 543. The van der Waals surface area contributed by atoms with E-state index in [9.17, 15) is 5.11 Å². The standard InChI is InChI=1S/C14H15NO5/c1-17-8-4-2-7(3-5-8)11-10-12(16)14-18-6-9(19-14)13(10)20-15-11/h2-5,9-10,12-14,16H,6H2,1H3/t9-,10-,12+,13-,14-/m1/s1. The molecule has 106 valence electrons. The van der Waals surface area contributed by atoms with Gasteiger partial charge < -0.3 is 24.2 Å². The summed E-state index contributed by atoms with van der Waals surface area (Å²) in [6.07, 6.45) is -1.78. The molecule has 0 aromatic heterocycles. The van der Waals surface area contributed by atoms with Gasteiger partial charge in [0.05, 0.1) is 25.3 Å². The third-order valence-corrected chi connectivity index (χ3v) is 4.08. The first-order valence-electron chi connectivity index (χ1n) is 6.61. The zero-order chi connectivity index (χ0) is 13.7. The molecule has 0 amide bonds. The number of rotatable bonds is 2. The molecule has 20 heavy (non-hydrogen) atoms. The van der Waals surface area contributed by atoms with Crippen LogP contribution in [0.2, 0.25) is 0 Å². The first-order chi connectivity index (χ1) is 9.78. The summed E-state index contributed by atoms with van der Waals surface area (Å²) in [4.78, 5) is 5.47. The molecule has 0 spiro atoms. The number of aliphatic hydroxyl groups is 1. The van der Waals surface area contributed by atoms with Crippen molar-refractivity contribution in [1.82, 2.24) is 0 Å². The van der Waals surface area contributed by atoms with Gasteiger partial charge in [0.2, 0.25) is 0 Å². The molecule has 1 aromatic carbocycles. The maximum absolute atomic E-state index is 10.4. The van der Waals surface area contributed by atoms with Gasteiger partial charge in [0.1, 0.15) is 18.0 Å². The molecular weight excluding hydrogens is 262 g/mol. The topological polar surface area (TPSA) is 69.5 Å². The van der Waals surface area contributed by atoms with Crippen LogP contribution in [0.3, 0.4) is 0 Å². The SMILES string of the molecule is COc1ccc(C2=NO[C@H]3[C@H]2[C@H](O)[C@@H]2OC[C@H]3O2)cc1. The van der Waals surface area contributed by atoms with Gasteiger partial charge in [-0.3, -0.25) is 0 Å². The lowest BCUT2D eigenvalue weighted by molar-refractivity contribution is -0.197. The summed E-state index contributed by atoms with van der Waals surface area (Å²) in [5.41, 5.74) is 1.66. The summed E-state index contributed by atoms with van der Waals surface area (Å²) in [7, 11) is 1.62. The molecule has 2 saturated heterocycles. The first-order valence-corrected chi connectivity index (χ1v) is 6.61. The number of methoxy groups -OCH3 is 1. The van der Waals surface area contributed by atoms with Crippen LogP contribution in [-0.2, 0) is 14.3 Å². The highest BCUT2D eigenvalue weighted by Crippen LogP contribution is 2.39. The molecule has 6 nitrogen and oxygen atoms in total. The van der Waals surface area contributed by atoms with Gasteiger partial charge in [-0.05, 0) is 24.3 Å². The lowest BCUT2D eigenvalue weighted by Gasteiger charge is -2.32. The molecule has 1 N–H and O–H groups in total. The number of oxime groups is 1. The highest BCUT2D eigenvalue weighted by Gasteiger charge is 2.56. The van der Waals surface area contributed by atoms with Gasteiger partial charge >= 0.3 is 0 Å². The molecule has 0 radical (unpaired) electrons. The minimum Gasteiger partial charge on any atom is -0.497 e. The Hall–Kier alpha value is -1.63. The Morgan fingerprint density at radius 2 is 2.10 bits per heavy atom. The maximum Gasteiger partial charge on any atom is 0.184 e. The van der Waals surface area contributed by atoms with E-state index in [2.05, 4.69) is 5.16 Å². The monoisotopic (exact) mass is 277 g/mol. The third kappa shape index (κ3) is 1.65. The van der Waals surface area contributed by atoms with E-state index in [-0.39, 0.29) is 18.1 Å². The van der Waals surface area contributed by atoms with E-state index in [0.717, 1.165) is 17.0 Å². The molecule has 0 aliphatic carbocycles. The Kier molecular flexibility index (Phi) is 2.70. The molecule has 0 saturated carbocycles. The van der Waals surface area contributed by atoms with Crippen LogP contribution in [0, 0.1) is 5.92 Å². The molecule has 2 fully saturated rings. The van der Waals surface area contributed by atoms with Crippen molar-refractivity contribution in [3.05, 3.63) is 29.8 Å². The van der Waals surface area contributed by atoms with E-state index in [1.807, 2.05) is 24.3 Å². The Balaban J connectivity index is 1.65. The van der Waals surface area contributed by atoms with Crippen LogP contribution in [0.5, 0.6) is 5.75 Å². The Labute approximate surface area is 115 Å². The normalized spacial score (nSPS) is 38.1. The van der Waals surface area contributed by atoms with Gasteiger partial charge in [-0.15, -0.1) is 0 Å². The van der Waals surface area contributed by atoms with Crippen LogP contribution in [-0.4, -0.2) is 49.1 Å². The predicted molar refractivity (Wildman–Crippen MR) is 68.5 cm³/mol. The maximum atomic E-state index is 10.4. The van der Waals surface area contributed by atoms with Crippen molar-refractivity contribution in [3.8, 4) is 5.75 Å². The van der Waals surface area contributed by atoms with Crippen LogP contribution < -0.4 is 4.74 Å². The smallest absolute Gasteiger partial charge is 0.184 e. The average Bonchev–Trinajstić information content (AvgIpc) is 3.11. The number of benzene rings is 1. The van der Waals surface area contributed by atoms with Gasteiger partial charge in [-0.1, -0.05) is 5.16 Å². The lowest BCUT2D eigenvalue weighted by Crippen LogP contribution is -2.51. The Morgan fingerprint density at radius 3 is 2.85 bits per heavy atom. The van der Waals surface area contributed by atoms with Crippen molar-refractivity contribution in [2.45, 2.75) is 24.6 Å². The van der Waals surface area contributed by atoms with Gasteiger partial charge in [0, 0.05) is 5.56 Å². The summed E-state index contributed by atoms with van der Waals surface area (Å²) in [5.74, 6) is 0.565. The van der Waals surface area contributed by atoms with Crippen LogP contribution in [0.25, 0.3) is 0 Å². The van der Waals surface area contributed by atoms with Crippen molar-refractivity contribution >= 4 is 5.71 Å². The van der Waals surface area contributed by atoms with E-state index < -0.39 is 12.4 Å². The molecule has 6 heteroatoms. The lowest BCUT2D eigenvalue weighted by atomic mass is 9.84. The summed E-state index contributed by atoms with van der Waals surface area (Å²) >= 11 is 0. The third-order valence-electron chi connectivity index (χ3n) is 4.08. The zero-order valence-electron chi connectivity index (χ0n) is 10.9. The van der Waals surface area contributed by atoms with E-state index in [1.165, 1.54) is 0 Å². The number of ether oxygens (including phenoxy) is 3. The van der Waals surface area contributed by atoms with Crippen LogP contribution in [0.4, 0.5) is 0 Å². The molecule has 1 aromatic rings. The van der Waals surface area contributed by atoms with Crippen molar-refractivity contribution in [2.75, 3.05) is 13.7 Å². The minimum atomic E-state index is -0.762. The fourth-order valence-corrected chi connectivity index (χ4v) is 3.02. The summed E-state index contributed by atoms with van der Waals surface area (Å²) in [6, 6.07) is 7.55. The van der Waals surface area contributed by atoms with E-state index in [1.54, 1.807) is 7.11 Å². The number of nitrogens with zero attached hydrogens (tertiary/aromatic N) is 1. The number of fused-ring (bicyclic) bond motifs is 4. The molecule has 0 unspecified atom stereocenters. The van der Waals surface area contributed by atoms with Gasteiger partial charge in [-0.2, -0.15) is 0 Å². The zero-order valence-corrected chi connectivity index (χ0v) is 10.9. The summed E-state index contributed by atoms with van der Waals surface area (Å²) < 4.78 is 16.1. The fraction of sp³-hybridized carbons (Fsp3) is 0.500. The molecule has 3 aliphatic heterocycles. The molecule has 3 aliphatic rings. The fourth-order valence-electron chi connectivity index (χ4n) is 3.02. The summed E-state index contributed by atoms with van der Waals surface area (Å²) in [6.45, 7) is 0.439. The van der Waals surface area contributed by atoms with Gasteiger partial charge in [0.15, 0.2) is 12.4 Å².